The van der Waals surface area contributed by atoms with Crippen LogP contribution in [0.2, 0.25) is 0 Å². The predicted octanol–water partition coefficient (Wildman–Crippen LogP) is 11.8. The maximum Gasteiger partial charge on any atom is 0.0646 e. The fourth-order valence-corrected chi connectivity index (χ4v) is 6.80. The highest BCUT2D eigenvalue weighted by Gasteiger charge is 2.16. The largest absolute Gasteiger partial charge is 0.283 e. The number of fused-ring (bicyclic) bond motifs is 4. The minimum atomic E-state index is 1.15. The molecule has 0 saturated carbocycles. The summed E-state index contributed by atoms with van der Waals surface area (Å²) >= 11 is 4.82. The molecule has 0 fully saturated rings. The van der Waals surface area contributed by atoms with E-state index in [9.17, 15) is 0 Å². The van der Waals surface area contributed by atoms with Gasteiger partial charge in [0.25, 0.3) is 0 Å². The third-order valence-corrected chi connectivity index (χ3v) is 9.61. The molecule has 0 radical (unpaired) electrons. The average Bonchev–Trinajstić information content (AvgIpc) is 3.03. The zero-order valence-corrected chi connectivity index (χ0v) is 25.8. The van der Waals surface area contributed by atoms with Gasteiger partial charge in [-0.25, -0.2) is 0 Å². The summed E-state index contributed by atoms with van der Waals surface area (Å²) in [5, 5.41) is 7.53. The van der Waals surface area contributed by atoms with Crippen molar-refractivity contribution in [1.82, 2.24) is 0 Å². The summed E-state index contributed by atoms with van der Waals surface area (Å²) in [6.45, 7) is 0. The summed E-state index contributed by atoms with van der Waals surface area (Å²) in [5.41, 5.74) is 7.13. The average molecular weight is 738 g/mol. The van der Waals surface area contributed by atoms with Crippen molar-refractivity contribution in [3.05, 3.63) is 146 Å². The van der Waals surface area contributed by atoms with Gasteiger partial charge in [-0.3, -0.25) is 6.23 Å². The highest BCUT2D eigenvalue weighted by atomic mass is 127. The van der Waals surface area contributed by atoms with Gasteiger partial charge in [0, 0.05) is 5.39 Å². The van der Waals surface area contributed by atoms with Crippen molar-refractivity contribution >= 4 is 101 Å². The van der Waals surface area contributed by atoms with E-state index in [1.54, 1.807) is 0 Å². The molecule has 0 aliphatic rings. The molecule has 0 aromatic heterocycles. The molecule has 7 aromatic carbocycles. The van der Waals surface area contributed by atoms with Crippen LogP contribution in [-0.2, 0) is 0 Å². The lowest BCUT2D eigenvalue weighted by Crippen LogP contribution is -2.02. The number of hydrogen-bond acceptors (Lipinski definition) is 2. The maximum absolute atomic E-state index is 2.42. The summed E-state index contributed by atoms with van der Waals surface area (Å²) in [4.78, 5) is 0. The number of anilines is 4. The van der Waals surface area contributed by atoms with Gasteiger partial charge >= 0.3 is 0 Å². The number of hydrogen-bond donors (Lipinski definition) is 0. The van der Waals surface area contributed by atoms with Gasteiger partial charge in [-0.05, 0) is 80.5 Å². The molecule has 4 heteroatoms. The first-order valence-corrected chi connectivity index (χ1v) is 15.1. The monoisotopic (exact) mass is 738 g/mol. The molecular formula is C36H24I2N2. The van der Waals surface area contributed by atoms with Gasteiger partial charge < -0.3 is 0 Å². The van der Waals surface area contributed by atoms with Crippen LogP contribution in [-0.4, -0.2) is 0 Å². The molecule has 7 aromatic rings. The van der Waals surface area contributed by atoms with Crippen LogP contribution in [0.25, 0.3) is 43.4 Å². The fourth-order valence-electron chi connectivity index (χ4n) is 5.46. The summed E-state index contributed by atoms with van der Waals surface area (Å²) in [6.07, 6.45) is 0. The maximum atomic E-state index is 2.42. The van der Waals surface area contributed by atoms with E-state index in [-0.39, 0.29) is 0 Å². The lowest BCUT2D eigenvalue weighted by molar-refractivity contribution is 1.48. The summed E-state index contributed by atoms with van der Waals surface area (Å²) < 4.78 is 4.47. The number of rotatable bonds is 5. The van der Waals surface area contributed by atoms with E-state index in [0.29, 0.717) is 0 Å². The van der Waals surface area contributed by atoms with Gasteiger partial charge in [0.15, 0.2) is 0 Å². The second-order valence-corrected chi connectivity index (χ2v) is 11.8. The first-order chi connectivity index (χ1) is 19.7. The Balaban J connectivity index is 1.30. The summed E-state index contributed by atoms with van der Waals surface area (Å²) in [5.74, 6) is 0. The normalized spacial score (nSPS) is 11.2. The minimum absolute atomic E-state index is 1.15. The van der Waals surface area contributed by atoms with Gasteiger partial charge in [0.1, 0.15) is 0 Å². The third kappa shape index (κ3) is 4.59. The molecule has 40 heavy (non-hydrogen) atoms. The van der Waals surface area contributed by atoms with E-state index < -0.39 is 0 Å². The lowest BCUT2D eigenvalue weighted by atomic mass is 9.92. The van der Waals surface area contributed by atoms with E-state index in [1.807, 2.05) is 0 Å². The summed E-state index contributed by atoms with van der Waals surface area (Å²) in [6, 6.07) is 52.3. The summed E-state index contributed by atoms with van der Waals surface area (Å²) in [7, 11) is 0. The predicted molar refractivity (Wildman–Crippen MR) is 190 cm³/mol. The van der Waals surface area contributed by atoms with Crippen molar-refractivity contribution < 1.29 is 0 Å². The highest BCUT2D eigenvalue weighted by Crippen LogP contribution is 2.43. The minimum Gasteiger partial charge on any atom is -0.283 e. The van der Waals surface area contributed by atoms with Crippen molar-refractivity contribution in [3.63, 3.8) is 0 Å². The van der Waals surface area contributed by atoms with Crippen LogP contribution in [0.1, 0.15) is 0 Å². The molecule has 0 bridgehead atoms. The van der Waals surface area contributed by atoms with Gasteiger partial charge in [0.05, 0.1) is 68.5 Å². The Kier molecular flexibility index (Phi) is 6.81. The van der Waals surface area contributed by atoms with Gasteiger partial charge in [-0.2, -0.15) is 0 Å². The quantitative estimate of drug-likeness (QED) is 0.0986. The number of para-hydroxylation sites is 1. The highest BCUT2D eigenvalue weighted by molar-refractivity contribution is 14.1. The van der Waals surface area contributed by atoms with Crippen molar-refractivity contribution in [2.75, 3.05) is 6.23 Å². The number of benzene rings is 7. The van der Waals surface area contributed by atoms with Gasteiger partial charge in [-0.1, -0.05) is 103 Å². The Morgan fingerprint density at radius 2 is 1.02 bits per heavy atom. The standard InChI is InChI=1S/C36H24I2N2/c37-39(31-22-17-25-9-4-5-10-27(25)23-31)30-20-18-26(19-21-30)32-16-8-11-28-24-35(40(38)29-12-2-1-3-13-29)33-14-6-7-15-34(33)36(28)32/h1-24H. The Morgan fingerprint density at radius 1 is 0.400 bits per heavy atom. The van der Waals surface area contributed by atoms with E-state index in [2.05, 4.69) is 198 Å². The van der Waals surface area contributed by atoms with Crippen molar-refractivity contribution in [1.29, 1.82) is 0 Å². The first-order valence-electron chi connectivity index (χ1n) is 13.2. The van der Waals surface area contributed by atoms with Crippen molar-refractivity contribution in [3.8, 4) is 11.1 Å². The molecule has 2 nitrogen and oxygen atoms in total. The third-order valence-electron chi connectivity index (χ3n) is 7.42. The second kappa shape index (κ2) is 10.7. The van der Waals surface area contributed by atoms with Crippen LogP contribution in [0.3, 0.4) is 0 Å². The molecule has 0 aliphatic carbocycles. The molecular weight excluding hydrogens is 714 g/mol. The van der Waals surface area contributed by atoms with Crippen molar-refractivity contribution in [2.45, 2.75) is 0 Å². The molecule has 0 heterocycles. The Bertz CT molecular complexity index is 1990. The molecule has 0 saturated heterocycles. The zero-order chi connectivity index (χ0) is 27.1. The molecule has 0 N–H and O–H groups in total. The van der Waals surface area contributed by atoms with E-state index >= 15 is 0 Å². The van der Waals surface area contributed by atoms with Crippen molar-refractivity contribution in [2.24, 2.45) is 0 Å². The number of halogens is 2. The van der Waals surface area contributed by atoms with Crippen LogP contribution in [0.15, 0.2) is 146 Å². The topological polar surface area (TPSA) is 6.48 Å². The van der Waals surface area contributed by atoms with E-state index in [1.165, 1.54) is 49.1 Å². The van der Waals surface area contributed by atoms with Crippen LogP contribution in [0.5, 0.6) is 0 Å². The molecule has 0 spiro atoms. The molecule has 0 amide bonds. The molecule has 192 valence electrons. The Labute approximate surface area is 261 Å². The lowest BCUT2D eigenvalue weighted by Gasteiger charge is -2.21. The molecule has 0 unspecified atom stereocenters. The zero-order valence-electron chi connectivity index (χ0n) is 21.5. The smallest absolute Gasteiger partial charge is 0.0646 e. The van der Waals surface area contributed by atoms with Gasteiger partial charge in [-0.15, -0.1) is 0 Å². The van der Waals surface area contributed by atoms with Crippen LogP contribution in [0, 0.1) is 0 Å². The fraction of sp³-hybridized carbons (Fsp3) is 0. The van der Waals surface area contributed by atoms with E-state index in [0.717, 1.165) is 17.1 Å². The van der Waals surface area contributed by atoms with E-state index in [4.69, 9.17) is 0 Å². The Hall–Kier alpha value is -3.62. The molecule has 0 aliphatic heterocycles. The SMILES string of the molecule is IN(c1ccc(-c2cccc3cc(N(I)c4ccccc4)c4ccccc4c23)cc1)c1ccc2ccccc2c1. The Morgan fingerprint density at radius 3 is 1.82 bits per heavy atom. The number of nitrogens with zero attached hydrogens (tertiary/aromatic N) is 2. The first kappa shape index (κ1) is 25.4. The van der Waals surface area contributed by atoms with Crippen LogP contribution in [0.4, 0.5) is 22.7 Å². The second-order valence-electron chi connectivity index (χ2n) is 9.82. The van der Waals surface area contributed by atoms with Gasteiger partial charge in [0.2, 0.25) is 0 Å². The molecule has 0 atom stereocenters. The molecule has 7 rings (SSSR count). The van der Waals surface area contributed by atoms with Crippen LogP contribution >= 0.6 is 45.7 Å². The van der Waals surface area contributed by atoms with Crippen LogP contribution < -0.4 is 6.23 Å².